The summed E-state index contributed by atoms with van der Waals surface area (Å²) in [6, 6.07) is 10.5. The predicted molar refractivity (Wildman–Crippen MR) is 73.1 cm³/mol. The summed E-state index contributed by atoms with van der Waals surface area (Å²) >= 11 is 0. The maximum atomic E-state index is 9.37. The first-order valence-electron chi connectivity index (χ1n) is 6.64. The number of aliphatic hydroxyl groups excluding tert-OH is 1. The smallest absolute Gasteiger partial charge is 0.0587 e. The summed E-state index contributed by atoms with van der Waals surface area (Å²) in [6.45, 7) is 5.66. The van der Waals surface area contributed by atoms with Crippen LogP contribution in [0.25, 0.3) is 0 Å². The largest absolute Gasteiger partial charge is 0.395 e. The molecule has 0 saturated carbocycles. The van der Waals surface area contributed by atoms with E-state index in [2.05, 4.69) is 31.3 Å². The number of benzene rings is 1. The van der Waals surface area contributed by atoms with Gasteiger partial charge >= 0.3 is 0 Å². The van der Waals surface area contributed by atoms with Crippen molar-refractivity contribution in [2.24, 2.45) is 5.92 Å². The van der Waals surface area contributed by atoms with Gasteiger partial charge in [-0.25, -0.2) is 0 Å². The summed E-state index contributed by atoms with van der Waals surface area (Å²) in [7, 11) is 0. The molecule has 2 heteroatoms. The monoisotopic (exact) mass is 235 g/mol. The Hall–Kier alpha value is -0.860. The molecule has 2 nitrogen and oxygen atoms in total. The first-order chi connectivity index (χ1) is 8.26. The number of hydrogen-bond acceptors (Lipinski definition) is 2. The van der Waals surface area contributed by atoms with E-state index >= 15 is 0 Å². The molecule has 17 heavy (non-hydrogen) atoms. The second kappa shape index (κ2) is 8.26. The zero-order valence-corrected chi connectivity index (χ0v) is 11.0. The molecule has 0 radical (unpaired) electrons. The quantitative estimate of drug-likeness (QED) is 0.726. The van der Waals surface area contributed by atoms with Crippen molar-refractivity contribution < 1.29 is 5.11 Å². The molecule has 2 atom stereocenters. The van der Waals surface area contributed by atoms with E-state index in [4.69, 9.17) is 0 Å². The van der Waals surface area contributed by atoms with Crippen LogP contribution in [0.1, 0.15) is 32.3 Å². The molecule has 0 aliphatic carbocycles. The Bertz CT molecular complexity index is 286. The Morgan fingerprint density at radius 2 is 1.94 bits per heavy atom. The minimum Gasteiger partial charge on any atom is -0.395 e. The van der Waals surface area contributed by atoms with E-state index in [-0.39, 0.29) is 12.6 Å². The lowest BCUT2D eigenvalue weighted by Crippen LogP contribution is -2.37. The Labute approximate surface area is 105 Å². The minimum atomic E-state index is 0.178. The summed E-state index contributed by atoms with van der Waals surface area (Å²) in [4.78, 5) is 0. The van der Waals surface area contributed by atoms with E-state index in [0.29, 0.717) is 5.92 Å². The van der Waals surface area contributed by atoms with Gasteiger partial charge in [-0.3, -0.25) is 0 Å². The van der Waals surface area contributed by atoms with Crippen LogP contribution < -0.4 is 5.32 Å². The van der Waals surface area contributed by atoms with E-state index in [1.54, 1.807) is 0 Å². The zero-order valence-electron chi connectivity index (χ0n) is 11.0. The molecule has 0 heterocycles. The van der Waals surface area contributed by atoms with Crippen LogP contribution in [0.5, 0.6) is 0 Å². The van der Waals surface area contributed by atoms with Crippen LogP contribution >= 0.6 is 0 Å². The van der Waals surface area contributed by atoms with Gasteiger partial charge in [-0.2, -0.15) is 0 Å². The van der Waals surface area contributed by atoms with Crippen LogP contribution in [-0.4, -0.2) is 24.3 Å². The van der Waals surface area contributed by atoms with Crippen LogP contribution in [0.2, 0.25) is 0 Å². The third-order valence-electron chi connectivity index (χ3n) is 3.08. The van der Waals surface area contributed by atoms with Crippen LogP contribution in [0, 0.1) is 5.92 Å². The standard InChI is InChI=1S/C15H25NO/c1-3-7-13(2)11-16-15(12-17)10-14-8-5-4-6-9-14/h4-6,8-9,13,15-17H,3,7,10-12H2,1-2H3/t13?,15-/m1/s1. The van der Waals surface area contributed by atoms with Gasteiger partial charge in [0.2, 0.25) is 0 Å². The summed E-state index contributed by atoms with van der Waals surface area (Å²) in [5.41, 5.74) is 1.28. The highest BCUT2D eigenvalue weighted by Gasteiger charge is 2.09. The van der Waals surface area contributed by atoms with E-state index in [1.165, 1.54) is 18.4 Å². The number of nitrogens with one attached hydrogen (secondary N) is 1. The third-order valence-corrected chi connectivity index (χ3v) is 3.08. The van der Waals surface area contributed by atoms with E-state index in [0.717, 1.165) is 13.0 Å². The molecular formula is C15H25NO. The second-order valence-corrected chi connectivity index (χ2v) is 4.87. The van der Waals surface area contributed by atoms with Crippen molar-refractivity contribution >= 4 is 0 Å². The normalized spacial score (nSPS) is 14.5. The van der Waals surface area contributed by atoms with Crippen molar-refractivity contribution in [3.05, 3.63) is 35.9 Å². The Kier molecular flexibility index (Phi) is 6.90. The number of rotatable bonds is 8. The molecule has 1 unspecified atom stereocenters. The van der Waals surface area contributed by atoms with E-state index in [9.17, 15) is 5.11 Å². The van der Waals surface area contributed by atoms with Gasteiger partial charge in [0.1, 0.15) is 0 Å². The fraction of sp³-hybridized carbons (Fsp3) is 0.600. The van der Waals surface area contributed by atoms with Gasteiger partial charge in [0.15, 0.2) is 0 Å². The first kappa shape index (κ1) is 14.2. The summed E-state index contributed by atoms with van der Waals surface area (Å²) in [5, 5.41) is 12.8. The van der Waals surface area contributed by atoms with Gasteiger partial charge in [-0.1, -0.05) is 50.6 Å². The Morgan fingerprint density at radius 1 is 1.24 bits per heavy atom. The molecule has 0 aliphatic heterocycles. The van der Waals surface area contributed by atoms with Crippen molar-refractivity contribution in [2.45, 2.75) is 39.2 Å². The molecule has 0 fully saturated rings. The molecule has 0 aliphatic rings. The molecule has 0 amide bonds. The Balaban J connectivity index is 2.34. The molecule has 1 aromatic rings. The summed E-state index contributed by atoms with van der Waals surface area (Å²) in [5.74, 6) is 0.685. The van der Waals surface area contributed by atoms with Gasteiger partial charge in [0.25, 0.3) is 0 Å². The van der Waals surface area contributed by atoms with Gasteiger partial charge in [0, 0.05) is 6.04 Å². The van der Waals surface area contributed by atoms with Crippen molar-refractivity contribution in [1.82, 2.24) is 5.32 Å². The number of aliphatic hydroxyl groups is 1. The molecule has 0 aromatic heterocycles. The fourth-order valence-corrected chi connectivity index (χ4v) is 2.06. The summed E-state index contributed by atoms with van der Waals surface area (Å²) < 4.78 is 0. The SMILES string of the molecule is CCCC(C)CN[C@@H](CO)Cc1ccccc1. The topological polar surface area (TPSA) is 32.3 Å². The van der Waals surface area contributed by atoms with Crippen molar-refractivity contribution in [2.75, 3.05) is 13.2 Å². The molecule has 96 valence electrons. The van der Waals surface area contributed by atoms with Crippen LogP contribution in [0.15, 0.2) is 30.3 Å². The number of hydrogen-bond donors (Lipinski definition) is 2. The minimum absolute atomic E-state index is 0.178. The van der Waals surface area contributed by atoms with Crippen LogP contribution in [-0.2, 0) is 6.42 Å². The molecule has 2 N–H and O–H groups in total. The van der Waals surface area contributed by atoms with Crippen molar-refractivity contribution in [1.29, 1.82) is 0 Å². The van der Waals surface area contributed by atoms with Crippen molar-refractivity contribution in [3.63, 3.8) is 0 Å². The third kappa shape index (κ3) is 5.85. The fourth-order valence-electron chi connectivity index (χ4n) is 2.06. The second-order valence-electron chi connectivity index (χ2n) is 4.87. The lowest BCUT2D eigenvalue weighted by molar-refractivity contribution is 0.236. The van der Waals surface area contributed by atoms with Gasteiger partial charge < -0.3 is 10.4 Å². The van der Waals surface area contributed by atoms with E-state index in [1.807, 2.05) is 18.2 Å². The van der Waals surface area contributed by atoms with Gasteiger partial charge in [-0.15, -0.1) is 0 Å². The molecular weight excluding hydrogens is 210 g/mol. The zero-order chi connectivity index (χ0) is 12.5. The van der Waals surface area contributed by atoms with E-state index < -0.39 is 0 Å². The molecule has 0 bridgehead atoms. The maximum Gasteiger partial charge on any atom is 0.0587 e. The highest BCUT2D eigenvalue weighted by Crippen LogP contribution is 2.06. The first-order valence-corrected chi connectivity index (χ1v) is 6.64. The lowest BCUT2D eigenvalue weighted by Gasteiger charge is -2.19. The molecule has 1 rings (SSSR count). The predicted octanol–water partition coefficient (Wildman–Crippen LogP) is 2.62. The average Bonchev–Trinajstić information content (AvgIpc) is 2.36. The maximum absolute atomic E-state index is 9.37. The molecule has 0 saturated heterocycles. The highest BCUT2D eigenvalue weighted by atomic mass is 16.3. The average molecular weight is 235 g/mol. The van der Waals surface area contributed by atoms with Crippen molar-refractivity contribution in [3.8, 4) is 0 Å². The van der Waals surface area contributed by atoms with Crippen LogP contribution in [0.3, 0.4) is 0 Å². The molecule has 1 aromatic carbocycles. The van der Waals surface area contributed by atoms with Gasteiger partial charge in [0.05, 0.1) is 6.61 Å². The lowest BCUT2D eigenvalue weighted by atomic mass is 10.0. The summed E-state index contributed by atoms with van der Waals surface area (Å²) in [6.07, 6.45) is 3.37. The van der Waals surface area contributed by atoms with Crippen LogP contribution in [0.4, 0.5) is 0 Å². The highest BCUT2D eigenvalue weighted by molar-refractivity contribution is 5.15. The Morgan fingerprint density at radius 3 is 2.53 bits per heavy atom. The van der Waals surface area contributed by atoms with Gasteiger partial charge in [-0.05, 0) is 30.9 Å². The molecule has 0 spiro atoms.